The van der Waals surface area contributed by atoms with Gasteiger partial charge >= 0.3 is 0 Å². The van der Waals surface area contributed by atoms with Crippen LogP contribution in [-0.2, 0) is 19.4 Å². The summed E-state index contributed by atoms with van der Waals surface area (Å²) in [7, 11) is 1.55. The summed E-state index contributed by atoms with van der Waals surface area (Å²) in [5.74, 6) is 2.56. The van der Waals surface area contributed by atoms with Gasteiger partial charge in [0.05, 0.1) is 13.7 Å². The highest BCUT2D eigenvalue weighted by Gasteiger charge is 2.26. The van der Waals surface area contributed by atoms with E-state index in [-0.39, 0.29) is 5.91 Å². The lowest BCUT2D eigenvalue weighted by atomic mass is 10.1. The molecule has 0 fully saturated rings. The van der Waals surface area contributed by atoms with Crippen LogP contribution in [0.5, 0.6) is 11.5 Å². The molecule has 0 radical (unpaired) electrons. The number of carbonyl (C=O) groups excluding carboxylic acids is 1. The summed E-state index contributed by atoms with van der Waals surface area (Å²) in [6, 6.07) is 15.3. The topological polar surface area (TPSA) is 90.8 Å². The maximum atomic E-state index is 13.1. The van der Waals surface area contributed by atoms with Crippen LogP contribution in [0.4, 0.5) is 0 Å². The van der Waals surface area contributed by atoms with Gasteiger partial charge in [-0.25, -0.2) is 4.98 Å². The van der Waals surface area contributed by atoms with E-state index in [1.807, 2.05) is 30.3 Å². The first-order valence-electron chi connectivity index (χ1n) is 9.99. The van der Waals surface area contributed by atoms with E-state index < -0.39 is 0 Å². The van der Waals surface area contributed by atoms with E-state index in [0.717, 1.165) is 17.0 Å². The lowest BCUT2D eigenvalue weighted by Gasteiger charge is -2.25. The Kier molecular flexibility index (Phi) is 5.99. The molecule has 2 heterocycles. The molecule has 0 spiro atoms. The van der Waals surface area contributed by atoms with Crippen molar-refractivity contribution in [1.29, 1.82) is 0 Å². The van der Waals surface area contributed by atoms with Gasteiger partial charge < -0.3 is 24.5 Å². The molecule has 1 aromatic heterocycles. The molecule has 4 rings (SSSR count). The van der Waals surface area contributed by atoms with Gasteiger partial charge in [-0.3, -0.25) is 4.79 Å². The first-order chi connectivity index (χ1) is 14.7. The van der Waals surface area contributed by atoms with E-state index >= 15 is 0 Å². The molecule has 7 heteroatoms. The zero-order chi connectivity index (χ0) is 20.9. The Hall–Kier alpha value is -3.32. The predicted molar refractivity (Wildman–Crippen MR) is 112 cm³/mol. The van der Waals surface area contributed by atoms with Gasteiger partial charge in [0.15, 0.2) is 17.4 Å². The fourth-order valence-corrected chi connectivity index (χ4v) is 3.54. The van der Waals surface area contributed by atoms with Gasteiger partial charge in [-0.1, -0.05) is 30.3 Å². The summed E-state index contributed by atoms with van der Waals surface area (Å²) in [4.78, 5) is 19.5. The van der Waals surface area contributed by atoms with Gasteiger partial charge in [-0.05, 0) is 23.8 Å². The standard InChI is InChI=1S/C23H25N3O4/c1-28-21-14-17(7-8-20(21)29-12-10-24)23(27)26-11-9-19-18(15-26)25-22(30-19)13-16-5-3-2-4-6-16/h2-8,14H,9-13,15,24H2,1H3. The highest BCUT2D eigenvalue weighted by molar-refractivity contribution is 5.95. The quantitative estimate of drug-likeness (QED) is 0.648. The van der Waals surface area contributed by atoms with E-state index in [0.29, 0.717) is 62.0 Å². The van der Waals surface area contributed by atoms with E-state index in [9.17, 15) is 4.79 Å². The van der Waals surface area contributed by atoms with Crippen LogP contribution >= 0.6 is 0 Å². The number of methoxy groups -OCH3 is 1. The van der Waals surface area contributed by atoms with Crippen LogP contribution in [0.15, 0.2) is 52.9 Å². The summed E-state index contributed by atoms with van der Waals surface area (Å²) >= 11 is 0. The molecule has 0 unspecified atom stereocenters. The Labute approximate surface area is 175 Å². The first kappa shape index (κ1) is 20.0. The molecule has 1 aliphatic rings. The van der Waals surface area contributed by atoms with Gasteiger partial charge in [0, 0.05) is 31.5 Å². The summed E-state index contributed by atoms with van der Waals surface area (Å²) in [5.41, 5.74) is 8.01. The van der Waals surface area contributed by atoms with Crippen molar-refractivity contribution in [2.24, 2.45) is 5.73 Å². The maximum Gasteiger partial charge on any atom is 0.254 e. The number of amides is 1. The van der Waals surface area contributed by atoms with Crippen molar-refractivity contribution in [1.82, 2.24) is 9.88 Å². The van der Waals surface area contributed by atoms with Crippen LogP contribution in [-0.4, -0.2) is 42.6 Å². The SMILES string of the molecule is COc1cc(C(=O)N2CCc3oc(Cc4ccccc4)nc3C2)ccc1OCCN. The Morgan fingerprint density at radius 3 is 2.80 bits per heavy atom. The molecule has 2 N–H and O–H groups in total. The highest BCUT2D eigenvalue weighted by atomic mass is 16.5. The van der Waals surface area contributed by atoms with Crippen molar-refractivity contribution in [2.75, 3.05) is 26.8 Å². The van der Waals surface area contributed by atoms with Gasteiger partial charge in [0.1, 0.15) is 18.1 Å². The van der Waals surface area contributed by atoms with Gasteiger partial charge in [-0.15, -0.1) is 0 Å². The fourth-order valence-electron chi connectivity index (χ4n) is 3.54. The Morgan fingerprint density at radius 2 is 2.03 bits per heavy atom. The molecule has 0 saturated carbocycles. The smallest absolute Gasteiger partial charge is 0.254 e. The average Bonchev–Trinajstić information content (AvgIpc) is 3.19. The minimum absolute atomic E-state index is 0.0723. The molecule has 7 nitrogen and oxygen atoms in total. The molecule has 30 heavy (non-hydrogen) atoms. The number of nitrogens with two attached hydrogens (primary N) is 1. The average molecular weight is 407 g/mol. The molecular weight excluding hydrogens is 382 g/mol. The number of aromatic nitrogens is 1. The van der Waals surface area contributed by atoms with E-state index in [4.69, 9.17) is 19.6 Å². The Bertz CT molecular complexity index is 1020. The number of fused-ring (bicyclic) bond motifs is 1. The molecule has 3 aromatic rings. The van der Waals surface area contributed by atoms with Gasteiger partial charge in [-0.2, -0.15) is 0 Å². The predicted octanol–water partition coefficient (Wildman–Crippen LogP) is 2.81. The van der Waals surface area contributed by atoms with Crippen molar-refractivity contribution >= 4 is 5.91 Å². The summed E-state index contributed by atoms with van der Waals surface area (Å²) in [6.07, 6.45) is 1.29. The Balaban J connectivity index is 1.47. The van der Waals surface area contributed by atoms with Crippen LogP contribution in [0, 0.1) is 0 Å². The third-order valence-corrected chi connectivity index (χ3v) is 5.04. The van der Waals surface area contributed by atoms with Crippen LogP contribution in [0.25, 0.3) is 0 Å². The fraction of sp³-hybridized carbons (Fsp3) is 0.304. The lowest BCUT2D eigenvalue weighted by Crippen LogP contribution is -2.35. The van der Waals surface area contributed by atoms with E-state index in [2.05, 4.69) is 4.98 Å². The largest absolute Gasteiger partial charge is 0.493 e. The van der Waals surface area contributed by atoms with E-state index in [1.165, 1.54) is 0 Å². The zero-order valence-corrected chi connectivity index (χ0v) is 17.0. The number of ether oxygens (including phenoxy) is 2. The molecular formula is C23H25N3O4. The number of rotatable bonds is 7. The minimum atomic E-state index is -0.0723. The molecule has 0 aliphatic carbocycles. The van der Waals surface area contributed by atoms with Crippen molar-refractivity contribution in [3.8, 4) is 11.5 Å². The number of benzene rings is 2. The van der Waals surface area contributed by atoms with Crippen LogP contribution in [0.1, 0.15) is 33.3 Å². The highest BCUT2D eigenvalue weighted by Crippen LogP contribution is 2.29. The first-order valence-corrected chi connectivity index (χ1v) is 9.99. The van der Waals surface area contributed by atoms with Crippen LogP contribution in [0.3, 0.4) is 0 Å². The monoisotopic (exact) mass is 407 g/mol. The van der Waals surface area contributed by atoms with Crippen LogP contribution in [0.2, 0.25) is 0 Å². The van der Waals surface area contributed by atoms with Crippen molar-refractivity contribution in [2.45, 2.75) is 19.4 Å². The van der Waals surface area contributed by atoms with Gasteiger partial charge in [0.25, 0.3) is 5.91 Å². The number of oxazole rings is 1. The molecule has 1 aliphatic heterocycles. The lowest BCUT2D eigenvalue weighted by molar-refractivity contribution is 0.0727. The Morgan fingerprint density at radius 1 is 1.20 bits per heavy atom. The normalized spacial score (nSPS) is 13.1. The summed E-state index contributed by atoms with van der Waals surface area (Å²) in [6.45, 7) is 1.81. The summed E-state index contributed by atoms with van der Waals surface area (Å²) < 4.78 is 16.9. The van der Waals surface area contributed by atoms with Crippen molar-refractivity contribution in [3.05, 3.63) is 77.0 Å². The second-order valence-electron chi connectivity index (χ2n) is 7.12. The van der Waals surface area contributed by atoms with Gasteiger partial charge in [0.2, 0.25) is 0 Å². The van der Waals surface area contributed by atoms with Crippen molar-refractivity contribution in [3.63, 3.8) is 0 Å². The molecule has 0 atom stereocenters. The van der Waals surface area contributed by atoms with E-state index in [1.54, 1.807) is 30.2 Å². The third-order valence-electron chi connectivity index (χ3n) is 5.04. The molecule has 156 valence electrons. The molecule has 0 saturated heterocycles. The molecule has 0 bridgehead atoms. The third kappa shape index (κ3) is 4.31. The number of hydrogen-bond donors (Lipinski definition) is 1. The summed E-state index contributed by atoms with van der Waals surface area (Å²) in [5, 5.41) is 0. The molecule has 1 amide bonds. The minimum Gasteiger partial charge on any atom is -0.493 e. The second-order valence-corrected chi connectivity index (χ2v) is 7.12. The number of hydrogen-bond acceptors (Lipinski definition) is 6. The molecule has 2 aromatic carbocycles. The number of carbonyl (C=O) groups is 1. The number of nitrogens with zero attached hydrogens (tertiary/aromatic N) is 2. The second kappa shape index (κ2) is 9.00. The van der Waals surface area contributed by atoms with Crippen molar-refractivity contribution < 1.29 is 18.7 Å². The zero-order valence-electron chi connectivity index (χ0n) is 17.0. The maximum absolute atomic E-state index is 13.1. The van der Waals surface area contributed by atoms with Crippen LogP contribution < -0.4 is 15.2 Å².